The number of hydrogen-bond donors (Lipinski definition) is 2. The maximum atomic E-state index is 13.1. The van der Waals surface area contributed by atoms with Gasteiger partial charge in [0.25, 0.3) is 0 Å². The summed E-state index contributed by atoms with van der Waals surface area (Å²) in [6.07, 6.45) is 1.64. The molecule has 0 heterocycles. The van der Waals surface area contributed by atoms with Gasteiger partial charge < -0.3 is 10.6 Å². The summed E-state index contributed by atoms with van der Waals surface area (Å²) in [5.74, 6) is -0.834. The van der Waals surface area contributed by atoms with Crippen LogP contribution in [0, 0.1) is 6.92 Å². The molecule has 0 saturated heterocycles. The summed E-state index contributed by atoms with van der Waals surface area (Å²) in [4.78, 5) is 38.6. The van der Waals surface area contributed by atoms with Gasteiger partial charge in [-0.15, -0.1) is 0 Å². The highest BCUT2D eigenvalue weighted by molar-refractivity contribution is 6.24. The van der Waals surface area contributed by atoms with Crippen LogP contribution in [0.3, 0.4) is 0 Å². The van der Waals surface area contributed by atoms with Crippen LogP contribution in [0.5, 0.6) is 0 Å². The topological polar surface area (TPSA) is 75.3 Å². The number of anilines is 1. The van der Waals surface area contributed by atoms with E-state index in [2.05, 4.69) is 10.6 Å². The minimum Gasteiger partial charge on any atom is -0.370 e. The van der Waals surface area contributed by atoms with E-state index in [1.54, 1.807) is 24.3 Å². The van der Waals surface area contributed by atoms with E-state index in [4.69, 9.17) is 0 Å². The number of rotatable bonds is 6. The Balaban J connectivity index is 1.60. The number of allylic oxidation sites excluding steroid dienone is 2. The second-order valence-electron chi connectivity index (χ2n) is 7.54. The third-order valence-electron chi connectivity index (χ3n) is 5.21. The molecule has 2 N–H and O–H groups in total. The van der Waals surface area contributed by atoms with Crippen molar-refractivity contribution in [3.8, 4) is 0 Å². The second-order valence-corrected chi connectivity index (χ2v) is 7.54. The van der Waals surface area contributed by atoms with Crippen molar-refractivity contribution >= 4 is 23.2 Å². The van der Waals surface area contributed by atoms with Crippen molar-refractivity contribution in [1.29, 1.82) is 0 Å². The van der Waals surface area contributed by atoms with Gasteiger partial charge >= 0.3 is 0 Å². The highest BCUT2D eigenvalue weighted by Crippen LogP contribution is 2.21. The molecule has 0 radical (unpaired) electrons. The minimum atomic E-state index is -0.739. The summed E-state index contributed by atoms with van der Waals surface area (Å²) in [6.45, 7) is 1.97. The molecule has 0 unspecified atom stereocenters. The van der Waals surface area contributed by atoms with E-state index in [0.717, 1.165) is 11.1 Å². The van der Waals surface area contributed by atoms with Crippen molar-refractivity contribution in [2.45, 2.75) is 19.4 Å². The van der Waals surface area contributed by atoms with Gasteiger partial charge in [-0.3, -0.25) is 14.4 Å². The predicted octanol–water partition coefficient (Wildman–Crippen LogP) is 4.10. The van der Waals surface area contributed by atoms with E-state index in [0.29, 0.717) is 23.2 Å². The molecular formula is C26H22N2O3. The maximum absolute atomic E-state index is 13.1. The number of hydrogen-bond acceptors (Lipinski definition) is 4. The van der Waals surface area contributed by atoms with E-state index in [9.17, 15) is 14.4 Å². The quantitative estimate of drug-likeness (QED) is 0.642. The minimum absolute atomic E-state index is 0.128. The molecular weight excluding hydrogens is 388 g/mol. The van der Waals surface area contributed by atoms with Gasteiger partial charge in [-0.1, -0.05) is 72.3 Å². The highest BCUT2D eigenvalue weighted by atomic mass is 16.2. The van der Waals surface area contributed by atoms with Crippen LogP contribution in [-0.4, -0.2) is 23.5 Å². The van der Waals surface area contributed by atoms with Crippen LogP contribution in [0.1, 0.15) is 31.8 Å². The van der Waals surface area contributed by atoms with Gasteiger partial charge in [0.1, 0.15) is 6.04 Å². The van der Waals surface area contributed by atoms with Gasteiger partial charge in [-0.2, -0.15) is 0 Å². The molecule has 0 aromatic heterocycles. The first-order valence-corrected chi connectivity index (χ1v) is 10.1. The van der Waals surface area contributed by atoms with Crippen molar-refractivity contribution in [3.05, 3.63) is 113 Å². The van der Waals surface area contributed by atoms with Gasteiger partial charge in [0.15, 0.2) is 5.78 Å². The van der Waals surface area contributed by atoms with Crippen LogP contribution in [0.25, 0.3) is 0 Å². The molecule has 1 amide bonds. The number of ketones is 2. The fraction of sp³-hybridized carbons (Fsp3) is 0.115. The summed E-state index contributed by atoms with van der Waals surface area (Å²) in [5.41, 5.74) is 3.54. The third kappa shape index (κ3) is 4.61. The fourth-order valence-corrected chi connectivity index (χ4v) is 3.54. The first-order valence-electron chi connectivity index (χ1n) is 10.1. The molecule has 1 atom stereocenters. The number of aryl methyl sites for hydroxylation is 1. The Morgan fingerprint density at radius 3 is 2.19 bits per heavy atom. The average Bonchev–Trinajstić information content (AvgIpc) is 2.79. The summed E-state index contributed by atoms with van der Waals surface area (Å²) in [6, 6.07) is 23.0. The molecule has 1 aliphatic carbocycles. The molecule has 0 spiro atoms. The molecule has 0 saturated carbocycles. The van der Waals surface area contributed by atoms with Gasteiger partial charge in [0, 0.05) is 29.3 Å². The molecule has 0 bridgehead atoms. The lowest BCUT2D eigenvalue weighted by Gasteiger charge is -2.23. The number of carbonyl (C=O) groups is 3. The Labute approximate surface area is 180 Å². The summed E-state index contributed by atoms with van der Waals surface area (Å²) >= 11 is 0. The fourth-order valence-electron chi connectivity index (χ4n) is 3.54. The van der Waals surface area contributed by atoms with Crippen LogP contribution in [0.2, 0.25) is 0 Å². The van der Waals surface area contributed by atoms with Crippen LogP contribution >= 0.6 is 0 Å². The Hall–Kier alpha value is -3.99. The smallest absolute Gasteiger partial charge is 0.247 e. The van der Waals surface area contributed by atoms with E-state index >= 15 is 0 Å². The Morgan fingerprint density at radius 1 is 0.839 bits per heavy atom. The lowest BCUT2D eigenvalue weighted by Crippen LogP contribution is -2.44. The van der Waals surface area contributed by atoms with E-state index in [1.165, 1.54) is 6.08 Å². The van der Waals surface area contributed by atoms with Gasteiger partial charge in [0.05, 0.1) is 5.70 Å². The number of nitrogens with one attached hydrogen (secondary N) is 2. The number of Topliss-reactive ketones (excluding diaryl/α,β-unsaturated/α-hetero) is 1. The molecule has 0 aliphatic heterocycles. The van der Waals surface area contributed by atoms with Crippen molar-refractivity contribution in [3.63, 3.8) is 0 Å². The molecule has 5 heteroatoms. The van der Waals surface area contributed by atoms with Crippen LogP contribution in [0.15, 0.2) is 90.6 Å². The molecule has 4 rings (SSSR count). The highest BCUT2D eigenvalue weighted by Gasteiger charge is 2.29. The zero-order chi connectivity index (χ0) is 21.8. The van der Waals surface area contributed by atoms with Crippen molar-refractivity contribution < 1.29 is 14.4 Å². The van der Waals surface area contributed by atoms with Gasteiger partial charge in [-0.25, -0.2) is 0 Å². The molecule has 1 aliphatic rings. The largest absolute Gasteiger partial charge is 0.370 e. The molecule has 31 heavy (non-hydrogen) atoms. The lowest BCUT2D eigenvalue weighted by atomic mass is 9.92. The number of fused-ring (bicyclic) bond motifs is 1. The summed E-state index contributed by atoms with van der Waals surface area (Å²) in [5, 5.41) is 5.93. The van der Waals surface area contributed by atoms with Gasteiger partial charge in [0.2, 0.25) is 11.7 Å². The zero-order valence-electron chi connectivity index (χ0n) is 17.1. The van der Waals surface area contributed by atoms with Gasteiger partial charge in [-0.05, 0) is 24.6 Å². The molecule has 3 aromatic rings. The zero-order valence-corrected chi connectivity index (χ0v) is 17.1. The van der Waals surface area contributed by atoms with E-state index < -0.39 is 6.04 Å². The maximum Gasteiger partial charge on any atom is 0.247 e. The van der Waals surface area contributed by atoms with Crippen molar-refractivity contribution in [2.75, 3.05) is 5.32 Å². The normalized spacial score (nSPS) is 13.8. The number of benzene rings is 3. The molecule has 154 valence electrons. The monoisotopic (exact) mass is 410 g/mol. The first kappa shape index (κ1) is 20.3. The molecule has 0 fully saturated rings. The first-order chi connectivity index (χ1) is 15.0. The standard InChI is InChI=1S/C26H22N2O3/c1-17-11-13-19(14-12-17)27-26(31)23(15-18-7-3-2-4-8-18)28-22-16-24(29)20-9-5-6-10-21(20)25(22)30/h2-14,16,23,28H,15H2,1H3,(H,27,31)/t23-/m1/s1. The van der Waals surface area contributed by atoms with E-state index in [1.807, 2.05) is 61.5 Å². The average molecular weight is 410 g/mol. The van der Waals surface area contributed by atoms with Crippen molar-refractivity contribution in [2.24, 2.45) is 0 Å². The summed E-state index contributed by atoms with van der Waals surface area (Å²) < 4.78 is 0. The van der Waals surface area contributed by atoms with E-state index in [-0.39, 0.29) is 23.2 Å². The molecule has 5 nitrogen and oxygen atoms in total. The van der Waals surface area contributed by atoms with Crippen LogP contribution < -0.4 is 10.6 Å². The molecule has 3 aromatic carbocycles. The number of carbonyl (C=O) groups excluding carboxylic acids is 3. The van der Waals surface area contributed by atoms with Crippen LogP contribution in [0.4, 0.5) is 5.69 Å². The Kier molecular flexibility index (Phi) is 5.76. The SMILES string of the molecule is Cc1ccc(NC(=O)[C@@H](Cc2ccccc2)NC2=CC(=O)c3ccccc3C2=O)cc1. The predicted molar refractivity (Wildman–Crippen MR) is 120 cm³/mol. The number of amides is 1. The second kappa shape index (κ2) is 8.79. The Morgan fingerprint density at radius 2 is 1.48 bits per heavy atom. The Bertz CT molecular complexity index is 1160. The lowest BCUT2D eigenvalue weighted by molar-refractivity contribution is -0.117. The van der Waals surface area contributed by atoms with Crippen LogP contribution in [-0.2, 0) is 11.2 Å². The summed E-state index contributed by atoms with van der Waals surface area (Å²) in [7, 11) is 0. The van der Waals surface area contributed by atoms with Crippen molar-refractivity contribution in [1.82, 2.24) is 5.32 Å². The third-order valence-corrected chi connectivity index (χ3v) is 5.21.